The topological polar surface area (TPSA) is 43.1 Å². The first-order valence-electron chi connectivity index (χ1n) is 6.48. The third-order valence-corrected chi connectivity index (χ3v) is 3.26. The van der Waals surface area contributed by atoms with Crippen molar-refractivity contribution in [2.24, 2.45) is 5.73 Å². The van der Waals surface area contributed by atoms with Gasteiger partial charge in [-0.3, -0.25) is 4.79 Å². The number of rotatable bonds is 5. The number of hydrogen-bond donors (Lipinski definition) is 1. The summed E-state index contributed by atoms with van der Waals surface area (Å²) in [5.74, 6) is 0.0718. The van der Waals surface area contributed by atoms with Gasteiger partial charge in [-0.05, 0) is 24.5 Å². The second kappa shape index (κ2) is 5.81. The number of carbonyl (C=O) groups is 1. The largest absolute Gasteiger partial charge is 0.319 e. The van der Waals surface area contributed by atoms with E-state index in [4.69, 9.17) is 5.73 Å². The SMILES string of the molecule is CC(N)(Cc1ccccc1)C(=O)Cc1ccccc1. The molecule has 2 nitrogen and oxygen atoms in total. The number of benzene rings is 2. The highest BCUT2D eigenvalue weighted by molar-refractivity contribution is 5.89. The van der Waals surface area contributed by atoms with Crippen LogP contribution >= 0.6 is 0 Å². The minimum absolute atomic E-state index is 0.0718. The van der Waals surface area contributed by atoms with Gasteiger partial charge in [0.25, 0.3) is 0 Å². The van der Waals surface area contributed by atoms with Crippen LogP contribution in [0.4, 0.5) is 0 Å². The monoisotopic (exact) mass is 253 g/mol. The molecule has 0 fully saturated rings. The Morgan fingerprint density at radius 1 is 0.947 bits per heavy atom. The molecule has 0 heterocycles. The summed E-state index contributed by atoms with van der Waals surface area (Å²) in [6.45, 7) is 1.81. The van der Waals surface area contributed by atoms with Gasteiger partial charge in [-0.2, -0.15) is 0 Å². The molecule has 0 radical (unpaired) electrons. The Bertz CT molecular complexity index is 532. The van der Waals surface area contributed by atoms with Crippen molar-refractivity contribution in [3.05, 3.63) is 71.8 Å². The molecule has 0 saturated carbocycles. The van der Waals surface area contributed by atoms with Crippen LogP contribution in [0.5, 0.6) is 0 Å². The van der Waals surface area contributed by atoms with Gasteiger partial charge in [-0.15, -0.1) is 0 Å². The summed E-state index contributed by atoms with van der Waals surface area (Å²) >= 11 is 0. The minimum Gasteiger partial charge on any atom is -0.319 e. The maximum atomic E-state index is 12.3. The molecular formula is C17H19NO. The molecule has 0 aliphatic rings. The first-order valence-corrected chi connectivity index (χ1v) is 6.48. The van der Waals surface area contributed by atoms with Crippen LogP contribution in [0.1, 0.15) is 18.1 Å². The molecule has 19 heavy (non-hydrogen) atoms. The van der Waals surface area contributed by atoms with Crippen LogP contribution in [0.3, 0.4) is 0 Å². The summed E-state index contributed by atoms with van der Waals surface area (Å²) in [6.07, 6.45) is 0.959. The van der Waals surface area contributed by atoms with Crippen molar-refractivity contribution in [1.82, 2.24) is 0 Å². The van der Waals surface area contributed by atoms with E-state index in [-0.39, 0.29) is 5.78 Å². The second-order valence-electron chi connectivity index (χ2n) is 5.17. The fourth-order valence-electron chi connectivity index (χ4n) is 2.10. The smallest absolute Gasteiger partial charge is 0.157 e. The molecule has 0 spiro atoms. The van der Waals surface area contributed by atoms with Crippen LogP contribution in [0.15, 0.2) is 60.7 Å². The van der Waals surface area contributed by atoms with E-state index >= 15 is 0 Å². The van der Waals surface area contributed by atoms with Gasteiger partial charge in [0.15, 0.2) is 5.78 Å². The van der Waals surface area contributed by atoms with Crippen LogP contribution in [-0.4, -0.2) is 11.3 Å². The third-order valence-electron chi connectivity index (χ3n) is 3.26. The van der Waals surface area contributed by atoms with E-state index in [9.17, 15) is 4.79 Å². The van der Waals surface area contributed by atoms with Gasteiger partial charge in [0.05, 0.1) is 5.54 Å². The lowest BCUT2D eigenvalue weighted by atomic mass is 9.86. The van der Waals surface area contributed by atoms with Crippen molar-refractivity contribution in [3.63, 3.8) is 0 Å². The summed E-state index contributed by atoms with van der Waals surface area (Å²) in [6, 6.07) is 19.6. The van der Waals surface area contributed by atoms with Crippen LogP contribution in [0.25, 0.3) is 0 Å². The molecule has 2 rings (SSSR count). The van der Waals surface area contributed by atoms with E-state index in [2.05, 4.69) is 0 Å². The molecule has 0 bridgehead atoms. The van der Waals surface area contributed by atoms with Gasteiger partial charge in [-0.25, -0.2) is 0 Å². The molecule has 2 aromatic carbocycles. The zero-order valence-electron chi connectivity index (χ0n) is 11.2. The molecule has 0 aliphatic carbocycles. The van der Waals surface area contributed by atoms with E-state index in [0.717, 1.165) is 11.1 Å². The van der Waals surface area contributed by atoms with Gasteiger partial charge in [0.1, 0.15) is 0 Å². The quantitative estimate of drug-likeness (QED) is 0.890. The average Bonchev–Trinajstić information content (AvgIpc) is 2.40. The van der Waals surface area contributed by atoms with Crippen molar-refractivity contribution in [1.29, 1.82) is 0 Å². The molecule has 1 unspecified atom stereocenters. The third kappa shape index (κ3) is 3.76. The van der Waals surface area contributed by atoms with Crippen molar-refractivity contribution in [2.45, 2.75) is 25.3 Å². The number of nitrogens with two attached hydrogens (primary N) is 1. The highest BCUT2D eigenvalue weighted by atomic mass is 16.1. The lowest BCUT2D eigenvalue weighted by Crippen LogP contribution is -2.47. The van der Waals surface area contributed by atoms with Crippen LogP contribution in [0, 0.1) is 0 Å². The van der Waals surface area contributed by atoms with E-state index in [1.807, 2.05) is 67.6 Å². The van der Waals surface area contributed by atoms with Gasteiger partial charge in [-0.1, -0.05) is 60.7 Å². The Kier molecular flexibility index (Phi) is 4.13. The lowest BCUT2D eigenvalue weighted by Gasteiger charge is -2.23. The normalized spacial score (nSPS) is 13.8. The number of carbonyl (C=O) groups excluding carboxylic acids is 1. The van der Waals surface area contributed by atoms with Crippen molar-refractivity contribution >= 4 is 5.78 Å². The van der Waals surface area contributed by atoms with Crippen LogP contribution in [0.2, 0.25) is 0 Å². The Hall–Kier alpha value is -1.93. The molecular weight excluding hydrogens is 234 g/mol. The minimum atomic E-state index is -0.822. The summed E-state index contributed by atoms with van der Waals surface area (Å²) in [5, 5.41) is 0. The fourth-order valence-corrected chi connectivity index (χ4v) is 2.10. The van der Waals surface area contributed by atoms with E-state index in [0.29, 0.717) is 12.8 Å². The summed E-state index contributed by atoms with van der Waals surface area (Å²) in [4.78, 5) is 12.3. The van der Waals surface area contributed by atoms with Gasteiger partial charge in [0.2, 0.25) is 0 Å². The highest BCUT2D eigenvalue weighted by Crippen LogP contribution is 2.14. The molecule has 98 valence electrons. The predicted molar refractivity (Wildman–Crippen MR) is 77.9 cm³/mol. The first kappa shape index (κ1) is 13.5. The number of ketones is 1. The number of Topliss-reactive ketones (excluding diaryl/α,β-unsaturated/α-hetero) is 1. The fraction of sp³-hybridized carbons (Fsp3) is 0.235. The lowest BCUT2D eigenvalue weighted by molar-refractivity contribution is -0.122. The van der Waals surface area contributed by atoms with E-state index in [1.54, 1.807) is 0 Å². The van der Waals surface area contributed by atoms with Crippen LogP contribution < -0.4 is 5.73 Å². The Balaban J connectivity index is 2.05. The molecule has 1 atom stereocenters. The summed E-state index contributed by atoms with van der Waals surface area (Å²) < 4.78 is 0. The number of hydrogen-bond acceptors (Lipinski definition) is 2. The average molecular weight is 253 g/mol. The Labute approximate surface area is 114 Å². The first-order chi connectivity index (χ1) is 9.08. The van der Waals surface area contributed by atoms with Crippen molar-refractivity contribution < 1.29 is 4.79 Å². The summed E-state index contributed by atoms with van der Waals surface area (Å²) in [5.41, 5.74) is 7.47. The van der Waals surface area contributed by atoms with Crippen molar-refractivity contribution in [3.8, 4) is 0 Å². The Morgan fingerprint density at radius 3 is 1.95 bits per heavy atom. The van der Waals surface area contributed by atoms with E-state index < -0.39 is 5.54 Å². The highest BCUT2D eigenvalue weighted by Gasteiger charge is 2.28. The molecule has 2 heteroatoms. The van der Waals surface area contributed by atoms with Crippen LogP contribution in [-0.2, 0) is 17.6 Å². The molecule has 0 saturated heterocycles. The molecule has 2 aromatic rings. The summed E-state index contributed by atoms with van der Waals surface area (Å²) in [7, 11) is 0. The van der Waals surface area contributed by atoms with Gasteiger partial charge in [0, 0.05) is 6.42 Å². The maximum absolute atomic E-state index is 12.3. The predicted octanol–water partition coefficient (Wildman–Crippen LogP) is 2.76. The van der Waals surface area contributed by atoms with Crippen molar-refractivity contribution in [2.75, 3.05) is 0 Å². The van der Waals surface area contributed by atoms with E-state index in [1.165, 1.54) is 0 Å². The van der Waals surface area contributed by atoms with Gasteiger partial charge >= 0.3 is 0 Å². The Morgan fingerprint density at radius 2 is 1.42 bits per heavy atom. The molecule has 0 aromatic heterocycles. The van der Waals surface area contributed by atoms with Gasteiger partial charge < -0.3 is 5.73 Å². The molecule has 2 N–H and O–H groups in total. The second-order valence-corrected chi connectivity index (χ2v) is 5.17. The zero-order chi connectivity index (χ0) is 13.7. The molecule has 0 amide bonds. The molecule has 0 aliphatic heterocycles. The standard InChI is InChI=1S/C17H19NO/c1-17(18,13-15-10-6-3-7-11-15)16(19)12-14-8-4-2-5-9-14/h2-11H,12-13,18H2,1H3. The zero-order valence-corrected chi connectivity index (χ0v) is 11.2. The maximum Gasteiger partial charge on any atom is 0.157 e.